The number of hydrogen-bond acceptors (Lipinski definition) is 2. The normalized spacial score (nSPS) is 18.3. The average molecular weight is 368 g/mol. The first-order valence-corrected chi connectivity index (χ1v) is 9.95. The molecule has 0 atom stereocenters. The Morgan fingerprint density at radius 1 is 1.19 bits per heavy atom. The molecule has 1 fully saturated rings. The van der Waals surface area contributed by atoms with Crippen LogP contribution in [0.4, 0.5) is 0 Å². The van der Waals surface area contributed by atoms with Gasteiger partial charge in [0, 0.05) is 55.9 Å². The highest BCUT2D eigenvalue weighted by atomic mass is 15.4. The summed E-state index contributed by atoms with van der Waals surface area (Å²) in [7, 11) is 0. The molecule has 1 saturated heterocycles. The highest BCUT2D eigenvalue weighted by Crippen LogP contribution is 2.46. The van der Waals surface area contributed by atoms with E-state index < -0.39 is 0 Å². The second kappa shape index (κ2) is 7.75. The first-order valence-electron chi connectivity index (χ1n) is 9.95. The Kier molecular flexibility index (Phi) is 5.59. The van der Waals surface area contributed by atoms with E-state index in [1.54, 1.807) is 0 Å². The summed E-state index contributed by atoms with van der Waals surface area (Å²) in [6.07, 6.45) is 4.78. The minimum absolute atomic E-state index is 0.111. The molecule has 1 aromatic heterocycles. The molecular weight excluding hydrogens is 334 g/mol. The first-order chi connectivity index (χ1) is 12.8. The van der Waals surface area contributed by atoms with Gasteiger partial charge in [-0.3, -0.25) is 4.99 Å². The molecule has 5 heteroatoms. The Balaban J connectivity index is 1.65. The molecule has 1 N–H and O–H groups in total. The average Bonchev–Trinajstić information content (AvgIpc) is 3.07. The summed E-state index contributed by atoms with van der Waals surface area (Å²) in [5, 5.41) is 3.46. The first kappa shape index (κ1) is 19.5. The minimum atomic E-state index is 0.111. The zero-order valence-electron chi connectivity index (χ0n) is 17.4. The summed E-state index contributed by atoms with van der Waals surface area (Å²) >= 11 is 0. The van der Waals surface area contributed by atoms with Gasteiger partial charge in [0.15, 0.2) is 5.96 Å². The molecule has 0 radical (unpaired) electrons. The second-order valence-corrected chi connectivity index (χ2v) is 8.47. The summed E-state index contributed by atoms with van der Waals surface area (Å²) in [6, 6.07) is 10.5. The van der Waals surface area contributed by atoms with Crippen molar-refractivity contribution in [2.24, 2.45) is 10.4 Å². The summed E-state index contributed by atoms with van der Waals surface area (Å²) in [4.78, 5) is 11.8. The Morgan fingerprint density at radius 3 is 2.56 bits per heavy atom. The van der Waals surface area contributed by atoms with Crippen molar-refractivity contribution in [3.05, 3.63) is 54.1 Å². The van der Waals surface area contributed by atoms with Crippen molar-refractivity contribution in [3.8, 4) is 0 Å². The van der Waals surface area contributed by atoms with Gasteiger partial charge in [-0.15, -0.1) is 0 Å². The van der Waals surface area contributed by atoms with E-state index in [2.05, 4.69) is 84.8 Å². The van der Waals surface area contributed by atoms with Gasteiger partial charge < -0.3 is 14.8 Å². The van der Waals surface area contributed by atoms with Crippen LogP contribution in [0.15, 0.2) is 47.7 Å². The number of hydrogen-bond donors (Lipinski definition) is 1. The van der Waals surface area contributed by atoms with Gasteiger partial charge in [0.2, 0.25) is 0 Å². The third-order valence-corrected chi connectivity index (χ3v) is 6.07. The van der Waals surface area contributed by atoms with Crippen molar-refractivity contribution in [3.63, 3.8) is 0 Å². The fourth-order valence-electron chi connectivity index (χ4n) is 3.55. The predicted molar refractivity (Wildman–Crippen MR) is 112 cm³/mol. The van der Waals surface area contributed by atoms with Crippen molar-refractivity contribution in [1.29, 1.82) is 0 Å². The zero-order valence-corrected chi connectivity index (χ0v) is 17.4. The van der Waals surface area contributed by atoms with Crippen molar-refractivity contribution >= 4 is 5.96 Å². The molecule has 0 aliphatic carbocycles. The van der Waals surface area contributed by atoms with E-state index in [1.807, 2.05) is 12.3 Å². The summed E-state index contributed by atoms with van der Waals surface area (Å²) in [6.45, 7) is 14.9. The molecule has 27 heavy (non-hydrogen) atoms. The smallest absolute Gasteiger partial charge is 0.194 e. The van der Waals surface area contributed by atoms with Gasteiger partial charge >= 0.3 is 0 Å². The third kappa shape index (κ3) is 4.02. The largest absolute Gasteiger partial charge is 0.356 e. The standard InChI is InChI=1S/C22H33N5/c1-6-23-20(27-17-21(2,3)22(27,4)5)25-13-12-19-24-14-15-26(19)16-18-10-8-7-9-11-18/h7-11,14-15H,6,12-13,16-17H2,1-5H3,(H,23,25). The van der Waals surface area contributed by atoms with Crippen LogP contribution < -0.4 is 5.32 Å². The van der Waals surface area contributed by atoms with Crippen molar-refractivity contribution in [2.45, 2.75) is 53.1 Å². The highest BCUT2D eigenvalue weighted by molar-refractivity contribution is 5.82. The minimum Gasteiger partial charge on any atom is -0.356 e. The lowest BCUT2D eigenvalue weighted by molar-refractivity contribution is -0.0667. The number of aliphatic imine (C=N–C) groups is 1. The molecule has 3 rings (SSSR count). The molecule has 1 aliphatic rings. The van der Waals surface area contributed by atoms with Gasteiger partial charge in [0.05, 0.1) is 0 Å². The fraction of sp³-hybridized carbons (Fsp3) is 0.545. The van der Waals surface area contributed by atoms with Crippen LogP contribution in [0.2, 0.25) is 0 Å². The zero-order chi connectivity index (χ0) is 19.5. The molecule has 146 valence electrons. The molecule has 0 bridgehead atoms. The predicted octanol–water partition coefficient (Wildman–Crippen LogP) is 3.56. The maximum Gasteiger partial charge on any atom is 0.194 e. The monoisotopic (exact) mass is 367 g/mol. The van der Waals surface area contributed by atoms with Gasteiger partial charge in [-0.2, -0.15) is 0 Å². The molecule has 1 aliphatic heterocycles. The van der Waals surface area contributed by atoms with Gasteiger partial charge in [-0.05, 0) is 26.3 Å². The van der Waals surface area contributed by atoms with E-state index in [0.717, 1.165) is 44.4 Å². The van der Waals surface area contributed by atoms with E-state index in [0.29, 0.717) is 5.41 Å². The molecule has 2 heterocycles. The molecule has 1 aromatic carbocycles. The fourth-order valence-corrected chi connectivity index (χ4v) is 3.55. The topological polar surface area (TPSA) is 45.5 Å². The van der Waals surface area contributed by atoms with Crippen molar-refractivity contribution in [2.75, 3.05) is 19.6 Å². The maximum absolute atomic E-state index is 4.90. The quantitative estimate of drug-likeness (QED) is 0.627. The van der Waals surface area contributed by atoms with E-state index >= 15 is 0 Å². The summed E-state index contributed by atoms with van der Waals surface area (Å²) in [5.41, 5.74) is 1.70. The van der Waals surface area contributed by atoms with Crippen LogP contribution in [0, 0.1) is 5.41 Å². The molecular formula is C22H33N5. The van der Waals surface area contributed by atoms with E-state index in [1.165, 1.54) is 5.56 Å². The lowest BCUT2D eigenvalue weighted by atomic mass is 9.65. The molecule has 0 saturated carbocycles. The Bertz CT molecular complexity index is 773. The number of likely N-dealkylation sites (tertiary alicyclic amines) is 1. The van der Waals surface area contributed by atoms with Crippen LogP contribution >= 0.6 is 0 Å². The maximum atomic E-state index is 4.90. The van der Waals surface area contributed by atoms with Crippen molar-refractivity contribution in [1.82, 2.24) is 19.8 Å². The van der Waals surface area contributed by atoms with E-state index in [-0.39, 0.29) is 5.54 Å². The molecule has 5 nitrogen and oxygen atoms in total. The van der Waals surface area contributed by atoms with Crippen LogP contribution in [0.5, 0.6) is 0 Å². The molecule has 0 unspecified atom stereocenters. The summed E-state index contributed by atoms with van der Waals surface area (Å²) in [5.74, 6) is 2.10. The van der Waals surface area contributed by atoms with Gasteiger partial charge in [-0.1, -0.05) is 44.2 Å². The van der Waals surface area contributed by atoms with Crippen molar-refractivity contribution < 1.29 is 0 Å². The number of rotatable bonds is 6. The second-order valence-electron chi connectivity index (χ2n) is 8.47. The van der Waals surface area contributed by atoms with Crippen LogP contribution in [0.1, 0.15) is 46.0 Å². The summed E-state index contributed by atoms with van der Waals surface area (Å²) < 4.78 is 2.22. The number of nitrogens with zero attached hydrogens (tertiary/aromatic N) is 4. The number of nitrogens with one attached hydrogen (secondary N) is 1. The number of imidazole rings is 1. The van der Waals surface area contributed by atoms with Crippen LogP contribution in [-0.4, -0.2) is 45.6 Å². The number of aromatic nitrogens is 2. The molecule has 2 aromatic rings. The SMILES string of the molecule is CCNC(=NCCc1nccn1Cc1ccccc1)N1CC(C)(C)C1(C)C. The lowest BCUT2D eigenvalue weighted by Crippen LogP contribution is -2.72. The van der Waals surface area contributed by atoms with Gasteiger partial charge in [0.1, 0.15) is 5.82 Å². The van der Waals surface area contributed by atoms with E-state index in [4.69, 9.17) is 4.99 Å². The third-order valence-electron chi connectivity index (χ3n) is 6.07. The Labute approximate surface area is 163 Å². The Morgan fingerprint density at radius 2 is 1.93 bits per heavy atom. The van der Waals surface area contributed by atoms with Crippen LogP contribution in [0.25, 0.3) is 0 Å². The van der Waals surface area contributed by atoms with Crippen LogP contribution in [0.3, 0.4) is 0 Å². The Hall–Kier alpha value is -2.30. The number of guanidine groups is 1. The van der Waals surface area contributed by atoms with E-state index in [9.17, 15) is 0 Å². The molecule has 0 spiro atoms. The highest BCUT2D eigenvalue weighted by Gasteiger charge is 2.53. The van der Waals surface area contributed by atoms with Crippen LogP contribution in [-0.2, 0) is 13.0 Å². The van der Waals surface area contributed by atoms with Gasteiger partial charge in [0.25, 0.3) is 0 Å². The number of benzene rings is 1. The lowest BCUT2D eigenvalue weighted by Gasteiger charge is -2.62. The molecule has 0 amide bonds. The van der Waals surface area contributed by atoms with Gasteiger partial charge in [-0.25, -0.2) is 4.98 Å².